The van der Waals surface area contributed by atoms with Gasteiger partial charge in [-0.05, 0) is 30.7 Å². The van der Waals surface area contributed by atoms with Crippen molar-refractivity contribution in [1.82, 2.24) is 9.97 Å². The Bertz CT molecular complexity index is 905. The summed E-state index contributed by atoms with van der Waals surface area (Å²) in [7, 11) is 0. The summed E-state index contributed by atoms with van der Waals surface area (Å²) < 4.78 is 0. The summed E-state index contributed by atoms with van der Waals surface area (Å²) in [5, 5.41) is 6.88. The molecule has 1 aromatic heterocycles. The Morgan fingerprint density at radius 1 is 1.25 bits per heavy atom. The first-order valence-electron chi connectivity index (χ1n) is 7.74. The fraction of sp³-hybridized carbons (Fsp3) is 0.105. The minimum absolute atomic E-state index is 0.234. The Morgan fingerprint density at radius 2 is 2.08 bits per heavy atom. The first-order valence-corrected chi connectivity index (χ1v) is 7.74. The van der Waals surface area contributed by atoms with E-state index in [1.54, 1.807) is 0 Å². The molecule has 0 aliphatic heterocycles. The van der Waals surface area contributed by atoms with Crippen LogP contribution in [0.3, 0.4) is 0 Å². The molecule has 24 heavy (non-hydrogen) atoms. The van der Waals surface area contributed by atoms with Crippen LogP contribution in [-0.4, -0.2) is 22.4 Å². The van der Waals surface area contributed by atoms with Crippen LogP contribution in [0.1, 0.15) is 6.92 Å². The van der Waals surface area contributed by atoms with Gasteiger partial charge in [-0.25, -0.2) is 9.97 Å². The van der Waals surface area contributed by atoms with Crippen LogP contribution >= 0.6 is 0 Å². The summed E-state index contributed by atoms with van der Waals surface area (Å²) in [6.45, 7) is 6.24. The normalized spacial score (nSPS) is 10.4. The van der Waals surface area contributed by atoms with Crippen LogP contribution in [0, 0.1) is 0 Å². The van der Waals surface area contributed by atoms with Gasteiger partial charge < -0.3 is 10.6 Å². The summed E-state index contributed by atoms with van der Waals surface area (Å²) in [6.07, 6.45) is 3.06. The Morgan fingerprint density at radius 3 is 2.88 bits per heavy atom. The topological polar surface area (TPSA) is 66.9 Å². The van der Waals surface area contributed by atoms with Crippen LogP contribution < -0.4 is 10.6 Å². The molecule has 0 bridgehead atoms. The number of benzene rings is 2. The van der Waals surface area contributed by atoms with Gasteiger partial charge in [0.25, 0.3) is 0 Å². The van der Waals surface area contributed by atoms with Crippen molar-refractivity contribution >= 4 is 28.4 Å². The number of nitrogens with one attached hydrogen (secondary N) is 2. The number of hydrogen-bond donors (Lipinski definition) is 2. The molecule has 0 atom stereocenters. The summed E-state index contributed by atoms with van der Waals surface area (Å²) in [4.78, 5) is 20.4. The highest BCUT2D eigenvalue weighted by molar-refractivity contribution is 6.00. The van der Waals surface area contributed by atoms with Gasteiger partial charge >= 0.3 is 0 Å². The molecular weight excluding hydrogens is 300 g/mol. The zero-order valence-electron chi connectivity index (χ0n) is 13.4. The lowest BCUT2D eigenvalue weighted by Gasteiger charge is -2.10. The second kappa shape index (κ2) is 6.91. The van der Waals surface area contributed by atoms with E-state index >= 15 is 0 Å². The molecule has 0 unspecified atom stereocenters. The number of carbonyl (C=O) groups is 1. The lowest BCUT2D eigenvalue weighted by molar-refractivity contribution is -0.111. The third-order valence-corrected chi connectivity index (χ3v) is 3.57. The molecular formula is C19H18N4O. The molecule has 0 radical (unpaired) electrons. The number of aromatic nitrogens is 2. The van der Waals surface area contributed by atoms with Gasteiger partial charge in [-0.3, -0.25) is 4.79 Å². The maximum atomic E-state index is 11.5. The van der Waals surface area contributed by atoms with Crippen molar-refractivity contribution in [2.24, 2.45) is 0 Å². The van der Waals surface area contributed by atoms with Gasteiger partial charge in [0, 0.05) is 29.4 Å². The van der Waals surface area contributed by atoms with Crippen LogP contribution in [0.25, 0.3) is 22.0 Å². The summed E-state index contributed by atoms with van der Waals surface area (Å²) in [5.41, 5.74) is 3.55. The van der Waals surface area contributed by atoms with E-state index in [1.165, 1.54) is 6.08 Å². The maximum Gasteiger partial charge on any atom is 0.247 e. The van der Waals surface area contributed by atoms with E-state index in [0.717, 1.165) is 34.3 Å². The van der Waals surface area contributed by atoms with E-state index < -0.39 is 0 Å². The lowest BCUT2D eigenvalue weighted by Crippen LogP contribution is -2.07. The number of rotatable bonds is 5. The number of hydrogen-bond acceptors (Lipinski definition) is 4. The van der Waals surface area contributed by atoms with Crippen LogP contribution in [0.15, 0.2) is 61.3 Å². The Kier molecular flexibility index (Phi) is 4.52. The van der Waals surface area contributed by atoms with Gasteiger partial charge in [0.2, 0.25) is 11.9 Å². The van der Waals surface area contributed by atoms with Gasteiger partial charge in [0.1, 0.15) is 0 Å². The highest BCUT2D eigenvalue weighted by Crippen LogP contribution is 2.29. The quantitative estimate of drug-likeness (QED) is 0.701. The highest BCUT2D eigenvalue weighted by atomic mass is 16.1. The van der Waals surface area contributed by atoms with Crippen LogP contribution in [-0.2, 0) is 4.79 Å². The molecule has 1 heterocycles. The maximum absolute atomic E-state index is 11.5. The van der Waals surface area contributed by atoms with Gasteiger partial charge in [-0.15, -0.1) is 0 Å². The standard InChI is InChI=1S/C19H18N4O/c1-3-17(24)22-15-9-5-7-13(11-15)16-10-6-8-14-12-21-19(20-4-2)23-18(14)16/h3,5-12H,1,4H2,2H3,(H,22,24)(H,20,21,23). The summed E-state index contributed by atoms with van der Waals surface area (Å²) in [5.74, 6) is 0.371. The molecule has 0 spiro atoms. The first-order chi connectivity index (χ1) is 11.7. The van der Waals surface area contributed by atoms with Crippen molar-refractivity contribution in [1.29, 1.82) is 0 Å². The average molecular weight is 318 g/mol. The minimum atomic E-state index is -0.234. The van der Waals surface area contributed by atoms with E-state index in [1.807, 2.05) is 55.6 Å². The van der Waals surface area contributed by atoms with Gasteiger partial charge in [-0.2, -0.15) is 0 Å². The molecule has 1 amide bonds. The number of anilines is 2. The average Bonchev–Trinajstić information content (AvgIpc) is 2.61. The monoisotopic (exact) mass is 318 g/mol. The third kappa shape index (κ3) is 3.25. The first kappa shape index (κ1) is 15.7. The smallest absolute Gasteiger partial charge is 0.247 e. The zero-order chi connectivity index (χ0) is 16.9. The van der Waals surface area contributed by atoms with Crippen LogP contribution in [0.4, 0.5) is 11.6 Å². The molecule has 0 fully saturated rings. The molecule has 5 nitrogen and oxygen atoms in total. The molecule has 3 rings (SSSR count). The van der Waals surface area contributed by atoms with Crippen molar-refractivity contribution < 1.29 is 4.79 Å². The SMILES string of the molecule is C=CC(=O)Nc1cccc(-c2cccc3cnc(NCC)nc23)c1. The molecule has 0 aliphatic carbocycles. The van der Waals surface area contributed by atoms with Crippen molar-refractivity contribution in [3.8, 4) is 11.1 Å². The van der Waals surface area contributed by atoms with E-state index in [9.17, 15) is 4.79 Å². The molecule has 0 saturated heterocycles. The number of nitrogens with zero attached hydrogens (tertiary/aromatic N) is 2. The molecule has 0 saturated carbocycles. The predicted molar refractivity (Wildman–Crippen MR) is 98.0 cm³/mol. The summed E-state index contributed by atoms with van der Waals surface area (Å²) in [6, 6.07) is 13.6. The number of fused-ring (bicyclic) bond motifs is 1. The molecule has 120 valence electrons. The van der Waals surface area contributed by atoms with Crippen molar-refractivity contribution in [3.63, 3.8) is 0 Å². The lowest BCUT2D eigenvalue weighted by atomic mass is 10.0. The number of carbonyl (C=O) groups excluding carboxylic acids is 1. The second-order valence-electron chi connectivity index (χ2n) is 5.24. The minimum Gasteiger partial charge on any atom is -0.354 e. The van der Waals surface area contributed by atoms with Gasteiger partial charge in [0.15, 0.2) is 0 Å². The number of amides is 1. The third-order valence-electron chi connectivity index (χ3n) is 3.57. The van der Waals surface area contributed by atoms with Crippen molar-refractivity contribution in [2.45, 2.75) is 6.92 Å². The fourth-order valence-electron chi connectivity index (χ4n) is 2.49. The highest BCUT2D eigenvalue weighted by Gasteiger charge is 2.08. The van der Waals surface area contributed by atoms with E-state index in [2.05, 4.69) is 27.2 Å². The zero-order valence-corrected chi connectivity index (χ0v) is 13.4. The largest absolute Gasteiger partial charge is 0.354 e. The Hall–Kier alpha value is -3.21. The van der Waals surface area contributed by atoms with Crippen molar-refractivity contribution in [3.05, 3.63) is 61.3 Å². The van der Waals surface area contributed by atoms with E-state index in [4.69, 9.17) is 0 Å². The van der Waals surface area contributed by atoms with Gasteiger partial charge in [0.05, 0.1) is 5.52 Å². The van der Waals surface area contributed by atoms with E-state index in [0.29, 0.717) is 5.95 Å². The molecule has 0 aliphatic rings. The molecule has 2 aromatic carbocycles. The fourth-order valence-corrected chi connectivity index (χ4v) is 2.49. The Labute approximate surface area is 140 Å². The molecule has 2 N–H and O–H groups in total. The number of para-hydroxylation sites is 1. The van der Waals surface area contributed by atoms with Gasteiger partial charge in [-0.1, -0.05) is 36.9 Å². The van der Waals surface area contributed by atoms with Crippen LogP contribution in [0.2, 0.25) is 0 Å². The molecule has 3 aromatic rings. The Balaban J connectivity index is 2.08. The van der Waals surface area contributed by atoms with E-state index in [-0.39, 0.29) is 5.91 Å². The summed E-state index contributed by atoms with van der Waals surface area (Å²) >= 11 is 0. The predicted octanol–water partition coefficient (Wildman–Crippen LogP) is 3.85. The molecule has 5 heteroatoms. The van der Waals surface area contributed by atoms with Crippen LogP contribution in [0.5, 0.6) is 0 Å². The second-order valence-corrected chi connectivity index (χ2v) is 5.24. The van der Waals surface area contributed by atoms with Crippen molar-refractivity contribution in [2.75, 3.05) is 17.2 Å².